The molecule has 0 aromatic carbocycles. The third kappa shape index (κ3) is 3.74. The van der Waals surface area contributed by atoms with E-state index in [2.05, 4.69) is 9.97 Å². The molecule has 0 spiro atoms. The van der Waals surface area contributed by atoms with Crippen LogP contribution in [0.15, 0.2) is 6.33 Å². The molecule has 0 aliphatic rings. The van der Waals surface area contributed by atoms with Gasteiger partial charge in [-0.3, -0.25) is 0 Å². The number of ether oxygens (including phenoxy) is 1. The fourth-order valence-electron chi connectivity index (χ4n) is 1.59. The van der Waals surface area contributed by atoms with Gasteiger partial charge in [0, 0.05) is 20.2 Å². The van der Waals surface area contributed by atoms with Crippen LogP contribution in [0.4, 0.5) is 11.6 Å². The number of nitrogens with zero attached hydrogens (tertiary/aromatic N) is 3. The molecule has 0 aliphatic carbocycles. The second-order valence-corrected chi connectivity index (χ2v) is 3.82. The fourth-order valence-corrected chi connectivity index (χ4v) is 1.59. The van der Waals surface area contributed by atoms with Gasteiger partial charge < -0.3 is 20.5 Å². The molecule has 0 saturated carbocycles. The second-order valence-electron chi connectivity index (χ2n) is 3.82. The molecule has 0 amide bonds. The van der Waals surface area contributed by atoms with Crippen molar-refractivity contribution in [3.8, 4) is 5.75 Å². The first-order valence-electron chi connectivity index (χ1n) is 5.67. The first kappa shape index (κ1) is 13.5. The van der Waals surface area contributed by atoms with Gasteiger partial charge in [-0.2, -0.15) is 0 Å². The van der Waals surface area contributed by atoms with Gasteiger partial charge >= 0.3 is 0 Å². The maximum atomic E-state index is 8.70. The van der Waals surface area contributed by atoms with E-state index in [0.29, 0.717) is 17.4 Å². The van der Waals surface area contributed by atoms with Crippen LogP contribution in [0.2, 0.25) is 0 Å². The number of hydrogen-bond donors (Lipinski definition) is 2. The van der Waals surface area contributed by atoms with Gasteiger partial charge in [0.05, 0.1) is 7.11 Å². The maximum absolute atomic E-state index is 8.70. The molecule has 6 nitrogen and oxygen atoms in total. The van der Waals surface area contributed by atoms with E-state index in [0.717, 1.165) is 25.8 Å². The van der Waals surface area contributed by atoms with Gasteiger partial charge in [-0.25, -0.2) is 9.97 Å². The summed E-state index contributed by atoms with van der Waals surface area (Å²) in [5, 5.41) is 8.70. The van der Waals surface area contributed by atoms with Crippen molar-refractivity contribution >= 4 is 11.6 Å². The predicted octanol–water partition coefficient (Wildman–Crippen LogP) is 0.666. The summed E-state index contributed by atoms with van der Waals surface area (Å²) in [5.41, 5.74) is 5.71. The number of rotatable bonds is 7. The fraction of sp³-hybridized carbons (Fsp3) is 0.636. The van der Waals surface area contributed by atoms with Gasteiger partial charge in [-0.15, -0.1) is 0 Å². The quantitative estimate of drug-likeness (QED) is 0.681. The normalized spacial score (nSPS) is 10.3. The first-order valence-corrected chi connectivity index (χ1v) is 5.67. The van der Waals surface area contributed by atoms with Crippen molar-refractivity contribution in [2.45, 2.75) is 19.3 Å². The average Bonchev–Trinajstić information content (AvgIpc) is 2.34. The highest BCUT2D eigenvalue weighted by Crippen LogP contribution is 2.28. The minimum absolute atomic E-state index is 0.244. The van der Waals surface area contributed by atoms with Crippen molar-refractivity contribution in [3.63, 3.8) is 0 Å². The summed E-state index contributed by atoms with van der Waals surface area (Å²) in [6.07, 6.45) is 4.24. The van der Waals surface area contributed by atoms with Crippen LogP contribution >= 0.6 is 0 Å². The number of aliphatic hydroxyl groups excluding tert-OH is 1. The Balaban J connectivity index is 2.61. The molecule has 1 aromatic rings. The lowest BCUT2D eigenvalue weighted by Crippen LogP contribution is -2.21. The Hall–Kier alpha value is -1.56. The highest BCUT2D eigenvalue weighted by molar-refractivity contribution is 5.62. The second kappa shape index (κ2) is 6.90. The molecule has 6 heteroatoms. The lowest BCUT2D eigenvalue weighted by Gasteiger charge is -2.20. The van der Waals surface area contributed by atoms with E-state index in [4.69, 9.17) is 15.6 Å². The summed E-state index contributed by atoms with van der Waals surface area (Å²) in [6, 6.07) is 0. The molecular formula is C11H20N4O2. The Labute approximate surface area is 101 Å². The van der Waals surface area contributed by atoms with Crippen LogP contribution < -0.4 is 15.4 Å². The Kier molecular flexibility index (Phi) is 5.48. The number of anilines is 2. The number of aromatic nitrogens is 2. The zero-order valence-electron chi connectivity index (χ0n) is 10.4. The van der Waals surface area contributed by atoms with Crippen LogP contribution in [0.25, 0.3) is 0 Å². The molecule has 0 fully saturated rings. The van der Waals surface area contributed by atoms with Crippen LogP contribution in [0.5, 0.6) is 5.75 Å². The molecule has 96 valence electrons. The van der Waals surface area contributed by atoms with Gasteiger partial charge in [0.15, 0.2) is 11.6 Å². The average molecular weight is 240 g/mol. The van der Waals surface area contributed by atoms with Crippen LogP contribution in [-0.2, 0) is 0 Å². The van der Waals surface area contributed by atoms with E-state index in [1.54, 1.807) is 7.11 Å². The number of nitrogens with two attached hydrogens (primary N) is 1. The Morgan fingerprint density at radius 3 is 2.76 bits per heavy atom. The summed E-state index contributed by atoms with van der Waals surface area (Å²) in [6.45, 7) is 1.08. The molecule has 3 N–H and O–H groups in total. The number of aliphatic hydroxyl groups is 1. The topological polar surface area (TPSA) is 84.5 Å². The standard InChI is InChI=1S/C11H20N4O2/c1-15(6-4-3-5-7-16)11-9(17-2)10(12)13-8-14-11/h8,16H,3-7H2,1-2H3,(H2,12,13,14). The van der Waals surface area contributed by atoms with Gasteiger partial charge in [0.25, 0.3) is 0 Å². The SMILES string of the molecule is COc1c(N)ncnc1N(C)CCCCCO. The molecule has 0 saturated heterocycles. The van der Waals surface area contributed by atoms with Crippen LogP contribution in [-0.4, -0.2) is 42.4 Å². The summed E-state index contributed by atoms with van der Waals surface area (Å²) < 4.78 is 5.19. The molecule has 1 aromatic heterocycles. The van der Waals surface area contributed by atoms with Crippen molar-refractivity contribution in [2.24, 2.45) is 0 Å². The summed E-state index contributed by atoms with van der Waals surface area (Å²) in [5.74, 6) is 1.56. The van der Waals surface area contributed by atoms with E-state index in [9.17, 15) is 0 Å². The summed E-state index contributed by atoms with van der Waals surface area (Å²) in [7, 11) is 3.49. The number of unbranched alkanes of at least 4 members (excludes halogenated alkanes) is 2. The van der Waals surface area contributed by atoms with Crippen LogP contribution in [0, 0.1) is 0 Å². The van der Waals surface area contributed by atoms with Crippen molar-refractivity contribution in [3.05, 3.63) is 6.33 Å². The molecule has 0 unspecified atom stereocenters. The highest BCUT2D eigenvalue weighted by Gasteiger charge is 2.13. The lowest BCUT2D eigenvalue weighted by molar-refractivity contribution is 0.283. The van der Waals surface area contributed by atoms with Crippen molar-refractivity contribution in [1.29, 1.82) is 0 Å². The van der Waals surface area contributed by atoms with E-state index >= 15 is 0 Å². The number of methoxy groups -OCH3 is 1. The van der Waals surface area contributed by atoms with E-state index < -0.39 is 0 Å². The molecule has 0 atom stereocenters. The zero-order valence-corrected chi connectivity index (χ0v) is 10.4. The minimum atomic E-state index is 0.244. The lowest BCUT2D eigenvalue weighted by atomic mass is 10.2. The molecule has 1 rings (SSSR count). The Morgan fingerprint density at radius 1 is 1.35 bits per heavy atom. The molecule has 0 radical (unpaired) electrons. The Bertz CT molecular complexity index is 346. The summed E-state index contributed by atoms with van der Waals surface area (Å²) >= 11 is 0. The molecular weight excluding hydrogens is 220 g/mol. The number of nitrogen functional groups attached to an aromatic ring is 1. The molecule has 0 aliphatic heterocycles. The number of hydrogen-bond acceptors (Lipinski definition) is 6. The van der Waals surface area contributed by atoms with Crippen molar-refractivity contribution in [1.82, 2.24) is 9.97 Å². The van der Waals surface area contributed by atoms with E-state index in [1.165, 1.54) is 6.33 Å². The summed E-state index contributed by atoms with van der Waals surface area (Å²) in [4.78, 5) is 10.0. The molecule has 0 bridgehead atoms. The largest absolute Gasteiger partial charge is 0.490 e. The van der Waals surface area contributed by atoms with Crippen molar-refractivity contribution < 1.29 is 9.84 Å². The maximum Gasteiger partial charge on any atom is 0.204 e. The van der Waals surface area contributed by atoms with Crippen LogP contribution in [0.3, 0.4) is 0 Å². The van der Waals surface area contributed by atoms with Gasteiger partial charge in [-0.1, -0.05) is 0 Å². The first-order chi connectivity index (χ1) is 8.20. The van der Waals surface area contributed by atoms with Gasteiger partial charge in [0.2, 0.25) is 5.75 Å². The monoisotopic (exact) mass is 240 g/mol. The molecule has 1 heterocycles. The third-order valence-electron chi connectivity index (χ3n) is 2.53. The van der Waals surface area contributed by atoms with Crippen LogP contribution in [0.1, 0.15) is 19.3 Å². The molecule has 17 heavy (non-hydrogen) atoms. The minimum Gasteiger partial charge on any atom is -0.490 e. The smallest absolute Gasteiger partial charge is 0.204 e. The van der Waals surface area contributed by atoms with Gasteiger partial charge in [-0.05, 0) is 19.3 Å². The van der Waals surface area contributed by atoms with Gasteiger partial charge in [0.1, 0.15) is 6.33 Å². The van der Waals surface area contributed by atoms with Crippen molar-refractivity contribution in [2.75, 3.05) is 37.9 Å². The predicted molar refractivity (Wildman–Crippen MR) is 67.2 cm³/mol. The van der Waals surface area contributed by atoms with E-state index in [-0.39, 0.29) is 6.61 Å². The van der Waals surface area contributed by atoms with E-state index in [1.807, 2.05) is 11.9 Å². The third-order valence-corrected chi connectivity index (χ3v) is 2.53. The zero-order chi connectivity index (χ0) is 12.7. The Morgan fingerprint density at radius 2 is 2.12 bits per heavy atom. The highest BCUT2D eigenvalue weighted by atomic mass is 16.5.